The molecule has 0 atom stereocenters. The Bertz CT molecular complexity index is 3520. The van der Waals surface area contributed by atoms with E-state index in [0.29, 0.717) is 33.4 Å². The topological polar surface area (TPSA) is 396 Å². The van der Waals surface area contributed by atoms with Crippen molar-refractivity contribution in [1.82, 2.24) is 0 Å². The van der Waals surface area contributed by atoms with E-state index in [0.717, 1.165) is 36.4 Å². The lowest BCUT2D eigenvalue weighted by Gasteiger charge is -2.13. The van der Waals surface area contributed by atoms with Gasteiger partial charge in [0.2, 0.25) is 0 Å². The van der Waals surface area contributed by atoms with E-state index in [9.17, 15) is 58.1 Å². The van der Waals surface area contributed by atoms with Gasteiger partial charge in [0.05, 0.1) is 21.3 Å². The molecule has 26 heteroatoms. The molecule has 7 aromatic carbocycles. The highest BCUT2D eigenvalue weighted by atomic mass is 32.2. The van der Waals surface area contributed by atoms with Gasteiger partial charge in [0.25, 0.3) is 40.5 Å². The number of nitrogen functional groups attached to an aromatic ring is 2. The zero-order valence-electron chi connectivity index (χ0n) is 33.0. The number of benzene rings is 7. The van der Waals surface area contributed by atoms with Gasteiger partial charge in [-0.25, -0.2) is 0 Å². The molecule has 0 bridgehead atoms. The molecule has 7 rings (SSSR count). The molecule has 0 amide bonds. The van der Waals surface area contributed by atoms with Crippen LogP contribution in [-0.2, 0) is 40.5 Å². The van der Waals surface area contributed by atoms with E-state index >= 15 is 0 Å². The monoisotopic (exact) mass is 973 g/mol. The number of aliphatic hydroxyl groups excluding tert-OH is 1. The molecule has 7 aromatic rings. The first-order valence-electron chi connectivity index (χ1n) is 18.0. The van der Waals surface area contributed by atoms with Crippen molar-refractivity contribution in [3.05, 3.63) is 96.6 Å². The van der Waals surface area contributed by atoms with Crippen LogP contribution < -0.4 is 21.5 Å². The number of hydrogen-bond donors (Lipinski definition) is 11. The van der Waals surface area contributed by atoms with Gasteiger partial charge in [-0.2, -0.15) is 33.7 Å². The molecule has 0 radical (unpaired) electrons. The third-order valence-electron chi connectivity index (χ3n) is 9.38. The number of nitrogens with two attached hydrogens (primary N) is 2. The number of ether oxygens (including phenoxy) is 1. The number of aromatic hydroxyl groups is 3. The molecule has 13 N–H and O–H groups in total. The van der Waals surface area contributed by atoms with Crippen molar-refractivity contribution in [2.75, 3.05) is 30.0 Å². The summed E-state index contributed by atoms with van der Waals surface area (Å²) in [7, 11) is -18.6. The third kappa shape index (κ3) is 10.6. The Morgan fingerprint density at radius 2 is 1.11 bits per heavy atom. The van der Waals surface area contributed by atoms with E-state index in [1.54, 1.807) is 19.1 Å². The summed E-state index contributed by atoms with van der Waals surface area (Å²) in [4.78, 5) is -2.40. The zero-order chi connectivity index (χ0) is 48.0. The standard InChI is InChI=1S/C29H26N4O10S2.C10H9NO7S2/c1-15-8-24(26(14-23(15)30)43-7-6-34)32-33-28-27(45(40,41)42)12-17-10-19(3-5-22(17)29(28)36)31-18-2-4-21-16(9-18)11-20(13-25(21)35)44(37,38)39;11-8-3-6(19(13,14)15)1-5-2-7(20(16,17)18)4-9(12)10(5)8/h2-5,8-14,31,34-36H,6-7,30H2,1H3,(H,37,38,39)(H,40,41,42);1-4,12H,11H2,(H,13,14,15)(H,16,17,18). The number of nitrogens with zero attached hydrogens (tertiary/aromatic N) is 2. The van der Waals surface area contributed by atoms with Crippen LogP contribution in [0.3, 0.4) is 0 Å². The summed E-state index contributed by atoms with van der Waals surface area (Å²) in [6, 6.07) is 19.0. The molecule has 0 aliphatic heterocycles. The normalized spacial score (nSPS) is 12.4. The number of rotatable bonds is 11. The van der Waals surface area contributed by atoms with Gasteiger partial charge in [-0.3, -0.25) is 18.2 Å². The maximum atomic E-state index is 12.4. The van der Waals surface area contributed by atoms with Gasteiger partial charge >= 0.3 is 0 Å². The van der Waals surface area contributed by atoms with Crippen LogP contribution >= 0.6 is 0 Å². The summed E-state index contributed by atoms with van der Waals surface area (Å²) < 4.78 is 135. The Labute approximate surface area is 368 Å². The summed E-state index contributed by atoms with van der Waals surface area (Å²) in [6.45, 7) is 1.33. The van der Waals surface area contributed by atoms with E-state index in [1.165, 1.54) is 42.5 Å². The molecule has 0 aromatic heterocycles. The number of nitrogens with one attached hydrogen (secondary N) is 1. The Morgan fingerprint density at radius 3 is 1.66 bits per heavy atom. The van der Waals surface area contributed by atoms with Crippen molar-refractivity contribution in [1.29, 1.82) is 0 Å². The second-order valence-corrected chi connectivity index (χ2v) is 19.6. The van der Waals surface area contributed by atoms with Crippen molar-refractivity contribution in [3.8, 4) is 23.0 Å². The highest BCUT2D eigenvalue weighted by molar-refractivity contribution is 7.86. The Hall–Kier alpha value is -6.88. The highest BCUT2D eigenvalue weighted by Crippen LogP contribution is 2.44. The van der Waals surface area contributed by atoms with Gasteiger partial charge in [0.15, 0.2) is 5.75 Å². The average Bonchev–Trinajstić information content (AvgIpc) is 3.19. The molecule has 0 unspecified atom stereocenters. The van der Waals surface area contributed by atoms with Gasteiger partial charge in [0, 0.05) is 57.1 Å². The molecule has 0 spiro atoms. The van der Waals surface area contributed by atoms with E-state index in [2.05, 4.69) is 15.5 Å². The van der Waals surface area contributed by atoms with Gasteiger partial charge in [-0.05, 0) is 101 Å². The van der Waals surface area contributed by atoms with Crippen molar-refractivity contribution >= 4 is 107 Å². The lowest BCUT2D eigenvalue weighted by molar-refractivity contribution is 0.202. The van der Waals surface area contributed by atoms with E-state index < -0.39 is 77.2 Å². The average molecular weight is 974 g/mol. The van der Waals surface area contributed by atoms with Gasteiger partial charge in [-0.1, -0.05) is 0 Å². The third-order valence-corrected chi connectivity index (χ3v) is 12.7. The van der Waals surface area contributed by atoms with Gasteiger partial charge < -0.3 is 41.9 Å². The zero-order valence-corrected chi connectivity index (χ0v) is 36.3. The molecule has 0 fully saturated rings. The van der Waals surface area contributed by atoms with Crippen molar-refractivity contribution in [2.45, 2.75) is 26.5 Å². The summed E-state index contributed by atoms with van der Waals surface area (Å²) >= 11 is 0. The predicted octanol–water partition coefficient (Wildman–Crippen LogP) is 5.94. The number of fused-ring (bicyclic) bond motifs is 3. The smallest absolute Gasteiger partial charge is 0.296 e. The summed E-state index contributed by atoms with van der Waals surface area (Å²) in [6.07, 6.45) is 0. The van der Waals surface area contributed by atoms with E-state index in [-0.39, 0.29) is 57.6 Å². The summed E-state index contributed by atoms with van der Waals surface area (Å²) in [5.41, 5.74) is 12.8. The first kappa shape index (κ1) is 47.6. The lowest BCUT2D eigenvalue weighted by Crippen LogP contribution is -2.02. The van der Waals surface area contributed by atoms with Crippen LogP contribution in [0.2, 0.25) is 0 Å². The number of aryl methyl sites for hydroxylation is 1. The fourth-order valence-electron chi connectivity index (χ4n) is 6.35. The Kier molecular flexibility index (Phi) is 12.9. The number of hydrogen-bond acceptors (Lipinski definition) is 18. The maximum Gasteiger partial charge on any atom is 0.296 e. The maximum absolute atomic E-state index is 12.4. The van der Waals surface area contributed by atoms with E-state index in [1.807, 2.05) is 0 Å². The van der Waals surface area contributed by atoms with Crippen molar-refractivity contribution in [3.63, 3.8) is 0 Å². The van der Waals surface area contributed by atoms with E-state index in [4.69, 9.17) is 30.4 Å². The van der Waals surface area contributed by atoms with Gasteiger partial charge in [0.1, 0.15) is 40.1 Å². The number of aliphatic hydroxyl groups is 1. The molecule has 65 heavy (non-hydrogen) atoms. The molecule has 342 valence electrons. The van der Waals surface area contributed by atoms with Crippen LogP contribution in [0, 0.1) is 6.92 Å². The van der Waals surface area contributed by atoms with Crippen LogP contribution in [-0.4, -0.2) is 85.5 Å². The molecular formula is C39H35N5O17S4. The minimum absolute atomic E-state index is 0.00444. The molecule has 0 aliphatic carbocycles. The quantitative estimate of drug-likeness (QED) is 0.0406. The molecule has 22 nitrogen and oxygen atoms in total. The molecule has 0 saturated heterocycles. The van der Waals surface area contributed by atoms with Crippen LogP contribution in [0.4, 0.5) is 34.1 Å². The lowest BCUT2D eigenvalue weighted by atomic mass is 10.1. The molecule has 0 saturated carbocycles. The van der Waals surface area contributed by atoms with Gasteiger partial charge in [-0.15, -0.1) is 10.2 Å². The van der Waals surface area contributed by atoms with Crippen LogP contribution in [0.5, 0.6) is 23.0 Å². The van der Waals surface area contributed by atoms with Crippen LogP contribution in [0.25, 0.3) is 32.3 Å². The number of azo groups is 1. The minimum atomic E-state index is -4.92. The predicted molar refractivity (Wildman–Crippen MR) is 236 cm³/mol. The van der Waals surface area contributed by atoms with Crippen LogP contribution in [0.15, 0.2) is 121 Å². The number of anilines is 4. The SMILES string of the molecule is Cc1cc(N=Nc2c(S(=O)(=O)O)cc3cc(Nc4ccc5c(O)cc(S(=O)(=O)O)cc5c4)ccc3c2O)c(OCCO)cc1N.Nc1cc(S(=O)(=O)O)cc2cc(S(=O)(=O)O)cc(O)c12. The Balaban J connectivity index is 0.000000292. The molecular weight excluding hydrogens is 939 g/mol. The second kappa shape index (κ2) is 17.6. The minimum Gasteiger partial charge on any atom is -0.507 e. The number of phenols is 3. The summed E-state index contributed by atoms with van der Waals surface area (Å²) in [5, 5.41) is 52.1. The second-order valence-electron chi connectivity index (χ2n) is 13.9. The first-order chi connectivity index (χ1) is 30.1. The molecule has 0 aliphatic rings. The largest absolute Gasteiger partial charge is 0.507 e. The first-order valence-corrected chi connectivity index (χ1v) is 23.8. The van der Waals surface area contributed by atoms with Crippen molar-refractivity contribution in [2.24, 2.45) is 10.2 Å². The van der Waals surface area contributed by atoms with Crippen molar-refractivity contribution < 1.29 is 77.0 Å². The fourth-order valence-corrected chi connectivity index (χ4v) is 8.63. The Morgan fingerprint density at radius 1 is 0.585 bits per heavy atom. The van der Waals surface area contributed by atoms with Crippen LogP contribution in [0.1, 0.15) is 5.56 Å². The summed E-state index contributed by atoms with van der Waals surface area (Å²) in [5.74, 6) is -1.33. The molecule has 0 heterocycles. The number of phenolic OH excluding ortho intramolecular Hbond substituents is 3. The fraction of sp³-hybridized carbons (Fsp3) is 0.0769. The highest BCUT2D eigenvalue weighted by Gasteiger charge is 2.23.